The van der Waals surface area contributed by atoms with E-state index in [4.69, 9.17) is 9.47 Å². The molecular weight excluding hydrogens is 328 g/mol. The molecule has 2 aromatic rings. The normalized spacial score (nSPS) is 10.3. The van der Waals surface area contributed by atoms with Crippen LogP contribution in [0, 0.1) is 6.92 Å². The van der Waals surface area contributed by atoms with Crippen molar-refractivity contribution in [1.82, 2.24) is 0 Å². The number of ether oxygens (including phenoxy) is 2. The summed E-state index contributed by atoms with van der Waals surface area (Å²) in [5, 5.41) is 3.81. The highest BCUT2D eigenvalue weighted by atomic mass is 79.9. The minimum absolute atomic E-state index is 0.0508. The van der Waals surface area contributed by atoms with Crippen molar-refractivity contribution in [3.05, 3.63) is 44.1 Å². The molecule has 0 aliphatic carbocycles. The fourth-order valence-electron chi connectivity index (χ4n) is 1.78. The van der Waals surface area contributed by atoms with Crippen LogP contribution in [0.1, 0.15) is 21.5 Å². The number of benzene rings is 1. The smallest absolute Gasteiger partial charge is 0.199 e. The first kappa shape index (κ1) is 14.1. The lowest BCUT2D eigenvalue weighted by Crippen LogP contribution is -2.06. The lowest BCUT2D eigenvalue weighted by Gasteiger charge is -2.12. The van der Waals surface area contributed by atoms with Gasteiger partial charge in [-0.25, -0.2) is 0 Å². The van der Waals surface area contributed by atoms with Crippen LogP contribution in [0.15, 0.2) is 27.4 Å². The van der Waals surface area contributed by atoms with Crippen LogP contribution in [0.25, 0.3) is 0 Å². The summed E-state index contributed by atoms with van der Waals surface area (Å²) in [6, 6.07) is 3.47. The third-order valence-electron chi connectivity index (χ3n) is 2.81. The van der Waals surface area contributed by atoms with Crippen molar-refractivity contribution in [2.24, 2.45) is 0 Å². The molecule has 1 heterocycles. The monoisotopic (exact) mass is 340 g/mol. The molecule has 0 N–H and O–H groups in total. The summed E-state index contributed by atoms with van der Waals surface area (Å²) in [6.45, 7) is 1.92. The van der Waals surface area contributed by atoms with Gasteiger partial charge in [0.15, 0.2) is 5.78 Å². The maximum atomic E-state index is 12.6. The zero-order valence-electron chi connectivity index (χ0n) is 10.8. The highest BCUT2D eigenvalue weighted by molar-refractivity contribution is 9.10. The van der Waals surface area contributed by atoms with Crippen molar-refractivity contribution in [3.8, 4) is 11.5 Å². The number of aryl methyl sites for hydroxylation is 1. The molecule has 0 saturated heterocycles. The van der Waals surface area contributed by atoms with E-state index >= 15 is 0 Å². The molecule has 2 rings (SSSR count). The van der Waals surface area contributed by atoms with Crippen molar-refractivity contribution in [2.45, 2.75) is 6.92 Å². The van der Waals surface area contributed by atoms with Gasteiger partial charge in [0.1, 0.15) is 11.5 Å². The molecule has 5 heteroatoms. The summed E-state index contributed by atoms with van der Waals surface area (Å²) >= 11 is 4.93. The molecule has 0 aliphatic heterocycles. The van der Waals surface area contributed by atoms with Gasteiger partial charge in [0.05, 0.1) is 19.8 Å². The average molecular weight is 341 g/mol. The van der Waals surface area contributed by atoms with Crippen LogP contribution in [0.5, 0.6) is 11.5 Å². The van der Waals surface area contributed by atoms with Crippen molar-refractivity contribution in [2.75, 3.05) is 14.2 Å². The zero-order chi connectivity index (χ0) is 14.0. The van der Waals surface area contributed by atoms with E-state index in [1.165, 1.54) is 11.3 Å². The quantitative estimate of drug-likeness (QED) is 0.787. The molecule has 0 radical (unpaired) electrons. The first-order valence-corrected chi connectivity index (χ1v) is 7.31. The number of rotatable bonds is 4. The summed E-state index contributed by atoms with van der Waals surface area (Å²) in [4.78, 5) is 12.6. The predicted octanol–water partition coefficient (Wildman–Crippen LogP) is 4.07. The van der Waals surface area contributed by atoms with E-state index in [-0.39, 0.29) is 5.78 Å². The Morgan fingerprint density at radius 2 is 1.95 bits per heavy atom. The molecule has 3 nitrogen and oxygen atoms in total. The minimum atomic E-state index is -0.0508. The summed E-state index contributed by atoms with van der Waals surface area (Å²) in [7, 11) is 3.12. The second-order valence-corrected chi connectivity index (χ2v) is 5.58. The lowest BCUT2D eigenvalue weighted by molar-refractivity contribution is 0.103. The highest BCUT2D eigenvalue weighted by Gasteiger charge is 2.21. The SMILES string of the molecule is COc1cc(Br)c(C(=O)c2cscc2C)c(OC)c1. The molecule has 1 aromatic heterocycles. The van der Waals surface area contributed by atoms with E-state index in [9.17, 15) is 4.79 Å². The van der Waals surface area contributed by atoms with Gasteiger partial charge in [-0.1, -0.05) is 0 Å². The Hall–Kier alpha value is -1.33. The van der Waals surface area contributed by atoms with Crippen LogP contribution >= 0.6 is 27.3 Å². The molecule has 100 valence electrons. The lowest BCUT2D eigenvalue weighted by atomic mass is 10.0. The van der Waals surface area contributed by atoms with E-state index in [2.05, 4.69) is 15.9 Å². The number of ketones is 1. The summed E-state index contributed by atoms with van der Waals surface area (Å²) in [5.41, 5.74) is 2.19. The van der Waals surface area contributed by atoms with Crippen molar-refractivity contribution < 1.29 is 14.3 Å². The van der Waals surface area contributed by atoms with Gasteiger partial charge in [-0.3, -0.25) is 4.79 Å². The van der Waals surface area contributed by atoms with Gasteiger partial charge < -0.3 is 9.47 Å². The van der Waals surface area contributed by atoms with E-state index in [1.807, 2.05) is 17.7 Å². The van der Waals surface area contributed by atoms with Crippen molar-refractivity contribution >= 4 is 33.0 Å². The molecule has 0 aliphatic rings. The number of methoxy groups -OCH3 is 2. The third kappa shape index (κ3) is 2.67. The largest absolute Gasteiger partial charge is 0.497 e. The fraction of sp³-hybridized carbons (Fsp3) is 0.214. The van der Waals surface area contributed by atoms with E-state index in [1.54, 1.807) is 26.4 Å². The van der Waals surface area contributed by atoms with E-state index in [0.29, 0.717) is 27.1 Å². The van der Waals surface area contributed by atoms with Gasteiger partial charge in [-0.2, -0.15) is 11.3 Å². The second-order valence-electron chi connectivity index (χ2n) is 3.98. The van der Waals surface area contributed by atoms with Crippen LogP contribution in [0.4, 0.5) is 0 Å². The topological polar surface area (TPSA) is 35.5 Å². The Bertz CT molecular complexity index is 619. The number of carbonyl (C=O) groups is 1. The van der Waals surface area contributed by atoms with Gasteiger partial charge in [0, 0.05) is 21.5 Å². The predicted molar refractivity (Wildman–Crippen MR) is 79.7 cm³/mol. The van der Waals surface area contributed by atoms with Crippen molar-refractivity contribution in [3.63, 3.8) is 0 Å². The average Bonchev–Trinajstić information content (AvgIpc) is 2.83. The summed E-state index contributed by atoms with van der Waals surface area (Å²) in [6.07, 6.45) is 0. The molecule has 0 fully saturated rings. The molecule has 0 spiro atoms. The molecule has 0 atom stereocenters. The van der Waals surface area contributed by atoms with Crippen LogP contribution in [-0.4, -0.2) is 20.0 Å². The van der Waals surface area contributed by atoms with E-state index in [0.717, 1.165) is 5.56 Å². The molecular formula is C14H13BrO3S. The number of hydrogen-bond acceptors (Lipinski definition) is 4. The number of carbonyl (C=O) groups excluding carboxylic acids is 1. The Morgan fingerprint density at radius 3 is 2.47 bits per heavy atom. The Kier molecular flexibility index (Phi) is 4.27. The van der Waals surface area contributed by atoms with Crippen LogP contribution in [0.2, 0.25) is 0 Å². The van der Waals surface area contributed by atoms with Crippen LogP contribution < -0.4 is 9.47 Å². The van der Waals surface area contributed by atoms with Gasteiger partial charge >= 0.3 is 0 Å². The van der Waals surface area contributed by atoms with Crippen molar-refractivity contribution in [1.29, 1.82) is 0 Å². The van der Waals surface area contributed by atoms with E-state index < -0.39 is 0 Å². The van der Waals surface area contributed by atoms with Gasteiger partial charge in [-0.15, -0.1) is 0 Å². The number of halogens is 1. The summed E-state index contributed by atoms with van der Waals surface area (Å²) in [5.74, 6) is 1.09. The first-order chi connectivity index (χ1) is 9.08. The van der Waals surface area contributed by atoms with Gasteiger partial charge in [-0.05, 0) is 39.9 Å². The molecule has 0 amide bonds. The maximum Gasteiger partial charge on any atom is 0.199 e. The molecule has 0 unspecified atom stereocenters. The minimum Gasteiger partial charge on any atom is -0.497 e. The van der Waals surface area contributed by atoms with Crippen LogP contribution in [0.3, 0.4) is 0 Å². The Balaban J connectivity index is 2.56. The molecule has 19 heavy (non-hydrogen) atoms. The third-order valence-corrected chi connectivity index (χ3v) is 4.30. The Labute approximate surface area is 124 Å². The second kappa shape index (κ2) is 5.75. The maximum absolute atomic E-state index is 12.6. The summed E-state index contributed by atoms with van der Waals surface area (Å²) < 4.78 is 11.1. The fourth-order valence-corrected chi connectivity index (χ4v) is 3.21. The molecule has 0 saturated carbocycles. The zero-order valence-corrected chi connectivity index (χ0v) is 13.2. The standard InChI is InChI=1S/C14H13BrO3S/c1-8-6-19-7-10(8)14(16)13-11(15)4-9(17-2)5-12(13)18-3/h4-7H,1-3H3. The highest BCUT2D eigenvalue weighted by Crippen LogP contribution is 2.34. The number of thiophene rings is 1. The molecule has 1 aromatic carbocycles. The Morgan fingerprint density at radius 1 is 1.21 bits per heavy atom. The van der Waals surface area contributed by atoms with Gasteiger partial charge in [0.25, 0.3) is 0 Å². The van der Waals surface area contributed by atoms with Gasteiger partial charge in [0.2, 0.25) is 0 Å². The van der Waals surface area contributed by atoms with Crippen LogP contribution in [-0.2, 0) is 0 Å². The molecule has 0 bridgehead atoms. The number of hydrogen-bond donors (Lipinski definition) is 0. The first-order valence-electron chi connectivity index (χ1n) is 5.57.